The molecule has 6 heteroatoms. The number of carbonyl (C=O) groups is 1. The van der Waals surface area contributed by atoms with Crippen LogP contribution in [-0.2, 0) is 4.79 Å². The van der Waals surface area contributed by atoms with Crippen LogP contribution in [0.4, 0.5) is 0 Å². The van der Waals surface area contributed by atoms with Crippen molar-refractivity contribution in [3.05, 3.63) is 59.1 Å². The number of carbonyl (C=O) groups excluding carboxylic acids is 1. The molecule has 0 N–H and O–H groups in total. The van der Waals surface area contributed by atoms with E-state index in [0.29, 0.717) is 24.0 Å². The first-order valence-corrected chi connectivity index (χ1v) is 11.1. The summed E-state index contributed by atoms with van der Waals surface area (Å²) in [7, 11) is 1.62. The molecule has 1 aliphatic heterocycles. The molecular formula is C24H26N2O3S. The van der Waals surface area contributed by atoms with Crippen LogP contribution in [0.25, 0.3) is 16.3 Å². The lowest BCUT2D eigenvalue weighted by molar-refractivity contribution is -0.127. The smallest absolute Gasteiger partial charge is 0.246 e. The summed E-state index contributed by atoms with van der Waals surface area (Å²) in [6.07, 6.45) is 5.56. The van der Waals surface area contributed by atoms with Crippen molar-refractivity contribution in [3.8, 4) is 11.5 Å². The Morgan fingerprint density at radius 1 is 1.27 bits per heavy atom. The van der Waals surface area contributed by atoms with E-state index in [4.69, 9.17) is 14.5 Å². The van der Waals surface area contributed by atoms with Crippen molar-refractivity contribution in [2.75, 3.05) is 26.8 Å². The normalized spacial score (nSPS) is 16.9. The summed E-state index contributed by atoms with van der Waals surface area (Å²) in [6.45, 7) is 4.00. The molecule has 30 heavy (non-hydrogen) atoms. The van der Waals surface area contributed by atoms with E-state index in [9.17, 15) is 4.79 Å². The average molecular weight is 423 g/mol. The maximum Gasteiger partial charge on any atom is 0.246 e. The van der Waals surface area contributed by atoms with Gasteiger partial charge in [0, 0.05) is 25.1 Å². The fourth-order valence-corrected chi connectivity index (χ4v) is 4.87. The maximum absolute atomic E-state index is 12.8. The zero-order valence-electron chi connectivity index (χ0n) is 17.3. The van der Waals surface area contributed by atoms with Gasteiger partial charge in [-0.1, -0.05) is 18.2 Å². The van der Waals surface area contributed by atoms with Crippen LogP contribution >= 0.6 is 11.3 Å². The van der Waals surface area contributed by atoms with E-state index in [0.717, 1.165) is 42.0 Å². The van der Waals surface area contributed by atoms with Gasteiger partial charge in [-0.25, -0.2) is 4.98 Å². The van der Waals surface area contributed by atoms with Crippen LogP contribution in [0.3, 0.4) is 0 Å². The molecule has 2 heterocycles. The molecule has 1 aliphatic rings. The van der Waals surface area contributed by atoms with Gasteiger partial charge in [0.25, 0.3) is 0 Å². The Hall–Kier alpha value is -2.86. The average Bonchev–Trinajstić information content (AvgIpc) is 3.22. The van der Waals surface area contributed by atoms with Crippen molar-refractivity contribution in [1.82, 2.24) is 9.88 Å². The van der Waals surface area contributed by atoms with Gasteiger partial charge in [-0.05, 0) is 55.7 Å². The highest BCUT2D eigenvalue weighted by atomic mass is 32.1. The second-order valence-corrected chi connectivity index (χ2v) is 8.38. The molecule has 0 bridgehead atoms. The number of thiazole rings is 1. The molecule has 1 aromatic heterocycles. The van der Waals surface area contributed by atoms with E-state index in [1.165, 1.54) is 4.70 Å². The molecule has 156 valence electrons. The number of methoxy groups -OCH3 is 1. The number of aromatic nitrogens is 1. The fourth-order valence-electron chi connectivity index (χ4n) is 3.78. The second-order valence-electron chi connectivity index (χ2n) is 7.32. The van der Waals surface area contributed by atoms with Gasteiger partial charge in [-0.2, -0.15) is 0 Å². The molecule has 1 atom stereocenters. The summed E-state index contributed by atoms with van der Waals surface area (Å²) in [6, 6.07) is 13.9. The van der Waals surface area contributed by atoms with E-state index in [-0.39, 0.29) is 5.91 Å². The largest absolute Gasteiger partial charge is 0.493 e. The van der Waals surface area contributed by atoms with Gasteiger partial charge in [0.15, 0.2) is 11.5 Å². The molecule has 0 spiro atoms. The van der Waals surface area contributed by atoms with Crippen LogP contribution in [0, 0.1) is 0 Å². The summed E-state index contributed by atoms with van der Waals surface area (Å²) in [5.74, 6) is 1.71. The summed E-state index contributed by atoms with van der Waals surface area (Å²) < 4.78 is 12.1. The van der Waals surface area contributed by atoms with E-state index >= 15 is 0 Å². The number of fused-ring (bicyclic) bond motifs is 1. The highest BCUT2D eigenvalue weighted by Crippen LogP contribution is 2.33. The van der Waals surface area contributed by atoms with Crippen molar-refractivity contribution in [3.63, 3.8) is 0 Å². The summed E-state index contributed by atoms with van der Waals surface area (Å²) in [4.78, 5) is 19.6. The Morgan fingerprint density at radius 3 is 2.93 bits per heavy atom. The highest BCUT2D eigenvalue weighted by molar-refractivity contribution is 7.18. The van der Waals surface area contributed by atoms with Gasteiger partial charge >= 0.3 is 0 Å². The number of hydrogen-bond donors (Lipinski definition) is 0. The lowest BCUT2D eigenvalue weighted by Crippen LogP contribution is -2.38. The van der Waals surface area contributed by atoms with E-state index in [2.05, 4.69) is 12.1 Å². The Labute approximate surface area is 180 Å². The quantitative estimate of drug-likeness (QED) is 0.517. The highest BCUT2D eigenvalue weighted by Gasteiger charge is 2.26. The molecule has 0 radical (unpaired) electrons. The number of benzene rings is 2. The molecule has 0 aliphatic carbocycles. The molecule has 3 aromatic rings. The van der Waals surface area contributed by atoms with Crippen LogP contribution in [0.2, 0.25) is 0 Å². The molecule has 4 rings (SSSR count). The van der Waals surface area contributed by atoms with Crippen LogP contribution < -0.4 is 9.47 Å². The molecule has 2 aromatic carbocycles. The van der Waals surface area contributed by atoms with Crippen LogP contribution in [0.1, 0.15) is 36.3 Å². The lowest BCUT2D eigenvalue weighted by atomic mass is 9.98. The third-order valence-corrected chi connectivity index (χ3v) is 6.50. The lowest BCUT2D eigenvalue weighted by Gasteiger charge is -2.31. The SMILES string of the molecule is CCOc1cc(/C=C/C(=O)N2CCC[C@H](c3nc4ccccc4s3)C2)ccc1OC. The zero-order chi connectivity index (χ0) is 20.9. The van der Waals surface area contributed by atoms with Gasteiger partial charge in [0.05, 0.1) is 28.9 Å². The third-order valence-electron chi connectivity index (χ3n) is 5.30. The Kier molecular flexibility index (Phi) is 6.33. The first kappa shape index (κ1) is 20.4. The predicted octanol–water partition coefficient (Wildman–Crippen LogP) is 5.12. The van der Waals surface area contributed by atoms with Crippen LogP contribution in [0.5, 0.6) is 11.5 Å². The first-order chi connectivity index (χ1) is 14.7. The van der Waals surface area contributed by atoms with Crippen molar-refractivity contribution < 1.29 is 14.3 Å². The van der Waals surface area contributed by atoms with Crippen molar-refractivity contribution in [2.24, 2.45) is 0 Å². The number of piperidine rings is 1. The summed E-state index contributed by atoms with van der Waals surface area (Å²) in [5, 5.41) is 1.13. The van der Waals surface area contributed by atoms with Crippen molar-refractivity contribution in [1.29, 1.82) is 0 Å². The number of nitrogens with zero attached hydrogens (tertiary/aromatic N) is 2. The molecule has 1 fully saturated rings. The predicted molar refractivity (Wildman–Crippen MR) is 121 cm³/mol. The van der Waals surface area contributed by atoms with Crippen molar-refractivity contribution >= 4 is 33.5 Å². The Morgan fingerprint density at radius 2 is 2.13 bits per heavy atom. The molecular weight excluding hydrogens is 396 g/mol. The molecule has 5 nitrogen and oxygen atoms in total. The van der Waals surface area contributed by atoms with E-state index in [1.807, 2.05) is 48.2 Å². The van der Waals surface area contributed by atoms with Gasteiger partial charge in [-0.15, -0.1) is 11.3 Å². The van der Waals surface area contributed by atoms with Crippen molar-refractivity contribution in [2.45, 2.75) is 25.7 Å². The van der Waals surface area contributed by atoms with E-state index < -0.39 is 0 Å². The van der Waals surface area contributed by atoms with Crippen LogP contribution in [-0.4, -0.2) is 42.6 Å². The first-order valence-electron chi connectivity index (χ1n) is 10.3. The van der Waals surface area contributed by atoms with Gasteiger partial charge < -0.3 is 14.4 Å². The fraction of sp³-hybridized carbons (Fsp3) is 0.333. The minimum Gasteiger partial charge on any atom is -0.493 e. The molecule has 1 amide bonds. The Bertz CT molecular complexity index is 1030. The summed E-state index contributed by atoms with van der Waals surface area (Å²) in [5.41, 5.74) is 1.96. The second kappa shape index (κ2) is 9.30. The van der Waals surface area contributed by atoms with Gasteiger partial charge in [0.2, 0.25) is 5.91 Å². The monoisotopic (exact) mass is 422 g/mol. The number of para-hydroxylation sites is 1. The molecule has 0 unspecified atom stereocenters. The number of hydrogen-bond acceptors (Lipinski definition) is 5. The zero-order valence-corrected chi connectivity index (χ0v) is 18.2. The summed E-state index contributed by atoms with van der Waals surface area (Å²) >= 11 is 1.74. The number of rotatable bonds is 6. The minimum absolute atomic E-state index is 0.0367. The molecule has 0 saturated carbocycles. The number of likely N-dealkylation sites (tertiary alicyclic amines) is 1. The van der Waals surface area contributed by atoms with Gasteiger partial charge in [-0.3, -0.25) is 4.79 Å². The number of amides is 1. The van der Waals surface area contributed by atoms with E-state index in [1.54, 1.807) is 24.5 Å². The van der Waals surface area contributed by atoms with Gasteiger partial charge in [0.1, 0.15) is 0 Å². The number of ether oxygens (including phenoxy) is 2. The topological polar surface area (TPSA) is 51.7 Å². The standard InChI is InChI=1S/C24H26N2O3S/c1-3-29-21-15-17(10-12-20(21)28-2)11-13-23(27)26-14-6-7-18(16-26)24-25-19-8-4-5-9-22(19)30-24/h4-5,8-13,15,18H,3,6-7,14,16H2,1-2H3/b13-11+/t18-/m0/s1. The third kappa shape index (κ3) is 4.49. The Balaban J connectivity index is 1.44. The van der Waals surface area contributed by atoms with Crippen LogP contribution in [0.15, 0.2) is 48.5 Å². The maximum atomic E-state index is 12.8. The molecule has 1 saturated heterocycles. The minimum atomic E-state index is 0.0367.